The van der Waals surface area contributed by atoms with Gasteiger partial charge in [-0.15, -0.1) is 0 Å². The number of rotatable bonds is 2. The van der Waals surface area contributed by atoms with Crippen LogP contribution in [0.2, 0.25) is 0 Å². The summed E-state index contributed by atoms with van der Waals surface area (Å²) in [5.41, 5.74) is 6.82. The number of nitrogens with zero attached hydrogens (tertiary/aromatic N) is 2. The van der Waals surface area contributed by atoms with Crippen LogP contribution in [-0.2, 0) is 10.0 Å². The lowest BCUT2D eigenvalue weighted by Crippen LogP contribution is -2.11. The number of hydrogen-bond acceptors (Lipinski definition) is 5. The summed E-state index contributed by atoms with van der Waals surface area (Å²) < 4.78 is 22.1. The third-order valence-corrected chi connectivity index (χ3v) is 3.08. The summed E-state index contributed by atoms with van der Waals surface area (Å²) in [6.45, 7) is 0. The molecule has 0 bridgehead atoms. The van der Waals surface area contributed by atoms with Crippen LogP contribution in [0.4, 0.5) is 5.95 Å². The molecule has 88 valence electrons. The molecule has 2 aromatic rings. The third kappa shape index (κ3) is 2.58. The first-order valence-corrected chi connectivity index (χ1v) is 6.23. The van der Waals surface area contributed by atoms with Gasteiger partial charge in [-0.25, -0.2) is 23.5 Å². The van der Waals surface area contributed by atoms with E-state index in [2.05, 4.69) is 9.97 Å². The van der Waals surface area contributed by atoms with Crippen molar-refractivity contribution in [3.8, 4) is 11.3 Å². The Balaban J connectivity index is 2.43. The predicted octanol–water partition coefficient (Wildman–Crippen LogP) is 0.373. The summed E-state index contributed by atoms with van der Waals surface area (Å²) in [5.74, 6) is 0.165. The molecular formula is C10H10N4O2S. The summed E-state index contributed by atoms with van der Waals surface area (Å²) in [5, 5.41) is 5.00. The van der Waals surface area contributed by atoms with E-state index < -0.39 is 10.0 Å². The van der Waals surface area contributed by atoms with Gasteiger partial charge in [-0.1, -0.05) is 12.1 Å². The first kappa shape index (κ1) is 11.5. The summed E-state index contributed by atoms with van der Waals surface area (Å²) in [4.78, 5) is 7.85. The van der Waals surface area contributed by atoms with Gasteiger partial charge in [-0.3, -0.25) is 0 Å². The maximum absolute atomic E-state index is 11.1. The van der Waals surface area contributed by atoms with E-state index >= 15 is 0 Å². The number of sulfonamides is 1. The van der Waals surface area contributed by atoms with Crippen LogP contribution in [-0.4, -0.2) is 18.4 Å². The standard InChI is InChI=1S/C10H10N4O2S/c11-10-13-6-5-9(14-10)7-1-3-8(4-2-7)17(12,15)16/h1-6H,(H2,11,13,14)(H2,12,15,16). The van der Waals surface area contributed by atoms with Crippen LogP contribution in [0.5, 0.6) is 0 Å². The molecule has 1 heterocycles. The van der Waals surface area contributed by atoms with Crippen LogP contribution in [0, 0.1) is 0 Å². The summed E-state index contributed by atoms with van der Waals surface area (Å²) in [7, 11) is -3.67. The van der Waals surface area contributed by atoms with E-state index in [1.165, 1.54) is 18.3 Å². The lowest BCUT2D eigenvalue weighted by atomic mass is 10.1. The van der Waals surface area contributed by atoms with Crippen LogP contribution in [0.25, 0.3) is 11.3 Å². The van der Waals surface area contributed by atoms with Crippen molar-refractivity contribution < 1.29 is 8.42 Å². The van der Waals surface area contributed by atoms with Crippen molar-refractivity contribution in [1.29, 1.82) is 0 Å². The Morgan fingerprint density at radius 2 is 1.71 bits per heavy atom. The fraction of sp³-hybridized carbons (Fsp3) is 0. The molecule has 0 unspecified atom stereocenters. The zero-order valence-corrected chi connectivity index (χ0v) is 9.55. The van der Waals surface area contributed by atoms with E-state index in [9.17, 15) is 8.42 Å². The van der Waals surface area contributed by atoms with E-state index in [4.69, 9.17) is 10.9 Å². The normalized spacial score (nSPS) is 11.4. The molecule has 0 aliphatic rings. The first-order valence-electron chi connectivity index (χ1n) is 4.68. The van der Waals surface area contributed by atoms with Gasteiger partial charge in [0.25, 0.3) is 0 Å². The number of nitrogen functional groups attached to an aromatic ring is 1. The van der Waals surface area contributed by atoms with Crippen LogP contribution in [0.1, 0.15) is 0 Å². The zero-order chi connectivity index (χ0) is 12.5. The Bertz CT molecular complexity index is 638. The molecular weight excluding hydrogens is 240 g/mol. The van der Waals surface area contributed by atoms with Gasteiger partial charge < -0.3 is 5.73 Å². The van der Waals surface area contributed by atoms with E-state index in [-0.39, 0.29) is 10.8 Å². The van der Waals surface area contributed by atoms with Gasteiger partial charge in [-0.05, 0) is 18.2 Å². The van der Waals surface area contributed by atoms with Crippen LogP contribution in [0.3, 0.4) is 0 Å². The van der Waals surface area contributed by atoms with Gasteiger partial charge in [0.15, 0.2) is 0 Å². The molecule has 2 rings (SSSR count). The summed E-state index contributed by atoms with van der Waals surface area (Å²) in [6, 6.07) is 7.75. The number of primary sulfonamides is 1. The van der Waals surface area contributed by atoms with Crippen LogP contribution >= 0.6 is 0 Å². The van der Waals surface area contributed by atoms with E-state index in [0.29, 0.717) is 5.69 Å². The van der Waals surface area contributed by atoms with Crippen molar-refractivity contribution in [2.45, 2.75) is 4.90 Å². The minimum atomic E-state index is -3.67. The lowest BCUT2D eigenvalue weighted by molar-refractivity contribution is 0.598. The maximum Gasteiger partial charge on any atom is 0.238 e. The molecule has 0 aliphatic heterocycles. The second-order valence-electron chi connectivity index (χ2n) is 3.37. The topological polar surface area (TPSA) is 112 Å². The maximum atomic E-state index is 11.1. The quantitative estimate of drug-likeness (QED) is 0.799. The molecule has 6 nitrogen and oxygen atoms in total. The second-order valence-corrected chi connectivity index (χ2v) is 4.93. The highest BCUT2D eigenvalue weighted by Crippen LogP contribution is 2.18. The van der Waals surface area contributed by atoms with Crippen molar-refractivity contribution in [2.75, 3.05) is 5.73 Å². The number of nitrogens with two attached hydrogens (primary N) is 2. The van der Waals surface area contributed by atoms with E-state index in [1.54, 1.807) is 18.2 Å². The summed E-state index contributed by atoms with van der Waals surface area (Å²) >= 11 is 0. The predicted molar refractivity (Wildman–Crippen MR) is 63.3 cm³/mol. The Kier molecular flexibility index (Phi) is 2.78. The molecule has 1 aromatic carbocycles. The van der Waals surface area contributed by atoms with Gasteiger partial charge in [0, 0.05) is 11.8 Å². The molecule has 0 amide bonds. The minimum Gasteiger partial charge on any atom is -0.368 e. The highest BCUT2D eigenvalue weighted by Gasteiger charge is 2.07. The van der Waals surface area contributed by atoms with Crippen molar-refractivity contribution in [1.82, 2.24) is 9.97 Å². The average Bonchev–Trinajstić information content (AvgIpc) is 2.28. The second kappa shape index (κ2) is 4.11. The molecule has 0 radical (unpaired) electrons. The third-order valence-electron chi connectivity index (χ3n) is 2.15. The molecule has 1 aromatic heterocycles. The highest BCUT2D eigenvalue weighted by atomic mass is 32.2. The van der Waals surface area contributed by atoms with Crippen molar-refractivity contribution in [3.63, 3.8) is 0 Å². The largest absolute Gasteiger partial charge is 0.368 e. The number of aromatic nitrogens is 2. The highest BCUT2D eigenvalue weighted by molar-refractivity contribution is 7.89. The lowest BCUT2D eigenvalue weighted by Gasteiger charge is -2.02. The monoisotopic (exact) mass is 250 g/mol. The zero-order valence-electron chi connectivity index (χ0n) is 8.74. The SMILES string of the molecule is Nc1nccc(-c2ccc(S(N)(=O)=O)cc2)n1. The van der Waals surface area contributed by atoms with Crippen molar-refractivity contribution in [2.24, 2.45) is 5.14 Å². The van der Waals surface area contributed by atoms with Crippen LogP contribution in [0.15, 0.2) is 41.4 Å². The molecule has 0 atom stereocenters. The van der Waals surface area contributed by atoms with E-state index in [1.807, 2.05) is 0 Å². The fourth-order valence-electron chi connectivity index (χ4n) is 1.35. The smallest absolute Gasteiger partial charge is 0.238 e. The minimum absolute atomic E-state index is 0.0586. The summed E-state index contributed by atoms with van der Waals surface area (Å²) in [6.07, 6.45) is 1.53. The molecule has 4 N–H and O–H groups in total. The Labute approximate surface area is 98.4 Å². The molecule has 0 aliphatic carbocycles. The fourth-order valence-corrected chi connectivity index (χ4v) is 1.87. The Morgan fingerprint density at radius 1 is 1.06 bits per heavy atom. The van der Waals surface area contributed by atoms with Crippen molar-refractivity contribution >= 4 is 16.0 Å². The average molecular weight is 250 g/mol. The van der Waals surface area contributed by atoms with Gasteiger partial charge in [0.05, 0.1) is 10.6 Å². The number of hydrogen-bond donors (Lipinski definition) is 2. The van der Waals surface area contributed by atoms with Gasteiger partial charge in [0.1, 0.15) is 0 Å². The molecule has 7 heteroatoms. The van der Waals surface area contributed by atoms with Gasteiger partial charge in [0.2, 0.25) is 16.0 Å². The molecule has 0 spiro atoms. The molecule has 0 saturated heterocycles. The molecule has 0 saturated carbocycles. The van der Waals surface area contributed by atoms with Crippen LogP contribution < -0.4 is 10.9 Å². The Morgan fingerprint density at radius 3 is 2.24 bits per heavy atom. The van der Waals surface area contributed by atoms with Gasteiger partial charge in [-0.2, -0.15) is 0 Å². The van der Waals surface area contributed by atoms with Crippen molar-refractivity contribution in [3.05, 3.63) is 36.5 Å². The number of benzene rings is 1. The Hall–Kier alpha value is -1.99. The van der Waals surface area contributed by atoms with Gasteiger partial charge >= 0.3 is 0 Å². The first-order chi connectivity index (χ1) is 7.97. The number of anilines is 1. The van der Waals surface area contributed by atoms with E-state index in [0.717, 1.165) is 5.56 Å². The molecule has 0 fully saturated rings. The molecule has 17 heavy (non-hydrogen) atoms.